The third-order valence-electron chi connectivity index (χ3n) is 3.52. The summed E-state index contributed by atoms with van der Waals surface area (Å²) < 4.78 is 5.90. The first-order chi connectivity index (χ1) is 7.22. The standard InChI is InChI=1S/C13H19NO/c1-4-8-14(3)12-7-5-6-11-9-10(2)15-13(11)12/h1,9,11-13H,5-8H2,2-3H3. The largest absolute Gasteiger partial charge is 0.493 e. The Morgan fingerprint density at radius 2 is 2.40 bits per heavy atom. The van der Waals surface area contributed by atoms with E-state index in [2.05, 4.69) is 30.9 Å². The molecule has 0 radical (unpaired) electrons. The fourth-order valence-electron chi connectivity index (χ4n) is 2.81. The van der Waals surface area contributed by atoms with Crippen molar-refractivity contribution in [3.05, 3.63) is 11.8 Å². The molecule has 1 aliphatic heterocycles. The van der Waals surface area contributed by atoms with Gasteiger partial charge in [0.05, 0.1) is 12.3 Å². The Hall–Kier alpha value is -0.940. The van der Waals surface area contributed by atoms with Crippen LogP contribution in [0.5, 0.6) is 0 Å². The van der Waals surface area contributed by atoms with E-state index >= 15 is 0 Å². The molecule has 0 amide bonds. The molecule has 0 saturated heterocycles. The molecule has 0 spiro atoms. The maximum atomic E-state index is 5.90. The van der Waals surface area contributed by atoms with Crippen LogP contribution in [-0.4, -0.2) is 30.6 Å². The molecule has 0 aromatic rings. The first-order valence-corrected chi connectivity index (χ1v) is 5.71. The second kappa shape index (κ2) is 4.28. The molecule has 3 unspecified atom stereocenters. The van der Waals surface area contributed by atoms with Gasteiger partial charge in [0.25, 0.3) is 0 Å². The molecule has 1 aliphatic carbocycles. The molecule has 2 heteroatoms. The molecule has 3 atom stereocenters. The van der Waals surface area contributed by atoms with Crippen molar-refractivity contribution in [2.24, 2.45) is 5.92 Å². The highest BCUT2D eigenvalue weighted by Crippen LogP contribution is 2.36. The van der Waals surface area contributed by atoms with Gasteiger partial charge in [-0.1, -0.05) is 12.3 Å². The van der Waals surface area contributed by atoms with Crippen molar-refractivity contribution in [1.82, 2.24) is 4.90 Å². The molecule has 15 heavy (non-hydrogen) atoms. The number of nitrogens with zero attached hydrogens (tertiary/aromatic N) is 1. The number of rotatable bonds is 2. The summed E-state index contributed by atoms with van der Waals surface area (Å²) in [5.74, 6) is 4.41. The first-order valence-electron chi connectivity index (χ1n) is 5.71. The first kappa shape index (κ1) is 10.6. The normalized spacial score (nSPS) is 34.3. The zero-order chi connectivity index (χ0) is 10.8. The summed E-state index contributed by atoms with van der Waals surface area (Å²) in [6, 6.07) is 0.494. The number of ether oxygens (including phenoxy) is 1. The van der Waals surface area contributed by atoms with E-state index in [4.69, 9.17) is 11.2 Å². The van der Waals surface area contributed by atoms with Gasteiger partial charge in [0, 0.05) is 12.0 Å². The highest BCUT2D eigenvalue weighted by molar-refractivity contribution is 5.09. The van der Waals surface area contributed by atoms with E-state index in [1.54, 1.807) is 0 Å². The molecule has 0 aromatic heterocycles. The summed E-state index contributed by atoms with van der Waals surface area (Å²) in [5, 5.41) is 0. The maximum Gasteiger partial charge on any atom is 0.120 e. The Bertz CT molecular complexity index is 302. The van der Waals surface area contributed by atoms with Crippen LogP contribution in [0.1, 0.15) is 26.2 Å². The van der Waals surface area contributed by atoms with Gasteiger partial charge in [0.2, 0.25) is 0 Å². The van der Waals surface area contributed by atoms with Gasteiger partial charge in [-0.05, 0) is 32.9 Å². The van der Waals surface area contributed by atoms with Gasteiger partial charge in [-0.15, -0.1) is 6.42 Å². The lowest BCUT2D eigenvalue weighted by molar-refractivity contribution is 0.00871. The van der Waals surface area contributed by atoms with Gasteiger partial charge in [-0.25, -0.2) is 0 Å². The van der Waals surface area contributed by atoms with E-state index < -0.39 is 0 Å². The van der Waals surface area contributed by atoms with E-state index in [1.165, 1.54) is 19.3 Å². The van der Waals surface area contributed by atoms with E-state index in [1.807, 2.05) is 0 Å². The van der Waals surface area contributed by atoms with Crippen molar-refractivity contribution in [3.63, 3.8) is 0 Å². The number of fused-ring (bicyclic) bond motifs is 1. The lowest BCUT2D eigenvalue weighted by atomic mass is 9.83. The minimum Gasteiger partial charge on any atom is -0.493 e. The molecule has 0 aromatic carbocycles. The molecule has 0 bridgehead atoms. The molecular formula is C13H19NO. The minimum atomic E-state index is 0.345. The zero-order valence-electron chi connectivity index (χ0n) is 9.57. The molecular weight excluding hydrogens is 186 g/mol. The van der Waals surface area contributed by atoms with Gasteiger partial charge in [-0.2, -0.15) is 0 Å². The van der Waals surface area contributed by atoms with Gasteiger partial charge >= 0.3 is 0 Å². The molecule has 0 N–H and O–H groups in total. The Balaban J connectivity index is 2.05. The van der Waals surface area contributed by atoms with Crippen molar-refractivity contribution in [3.8, 4) is 12.3 Å². The van der Waals surface area contributed by atoms with Crippen molar-refractivity contribution in [2.45, 2.75) is 38.3 Å². The molecule has 2 aliphatic rings. The Labute approximate surface area is 92.3 Å². The summed E-state index contributed by atoms with van der Waals surface area (Å²) in [6.07, 6.45) is 11.7. The fraction of sp³-hybridized carbons (Fsp3) is 0.692. The number of hydrogen-bond donors (Lipinski definition) is 0. The van der Waals surface area contributed by atoms with Crippen LogP contribution in [-0.2, 0) is 4.74 Å². The van der Waals surface area contributed by atoms with Gasteiger partial charge < -0.3 is 4.74 Å². The number of hydrogen-bond acceptors (Lipinski definition) is 2. The monoisotopic (exact) mass is 205 g/mol. The topological polar surface area (TPSA) is 12.5 Å². The van der Waals surface area contributed by atoms with E-state index in [9.17, 15) is 0 Å². The number of likely N-dealkylation sites (N-methyl/N-ethyl adjacent to an activating group) is 1. The number of allylic oxidation sites excluding steroid dienone is 1. The zero-order valence-corrected chi connectivity index (χ0v) is 9.57. The summed E-state index contributed by atoms with van der Waals surface area (Å²) in [4.78, 5) is 2.25. The maximum absolute atomic E-state index is 5.90. The van der Waals surface area contributed by atoms with Crippen LogP contribution in [0.3, 0.4) is 0 Å². The minimum absolute atomic E-state index is 0.345. The van der Waals surface area contributed by atoms with E-state index in [0.717, 1.165) is 12.3 Å². The average molecular weight is 205 g/mol. The van der Waals surface area contributed by atoms with E-state index in [-0.39, 0.29) is 0 Å². The lowest BCUT2D eigenvalue weighted by Crippen LogP contribution is -2.46. The molecule has 1 heterocycles. The van der Waals surface area contributed by atoms with Crippen LogP contribution in [0.4, 0.5) is 0 Å². The van der Waals surface area contributed by atoms with Crippen LogP contribution in [0.2, 0.25) is 0 Å². The second-order valence-corrected chi connectivity index (χ2v) is 4.64. The molecule has 1 fully saturated rings. The van der Waals surface area contributed by atoms with Gasteiger partial charge in [-0.3, -0.25) is 4.90 Å². The van der Waals surface area contributed by atoms with Crippen molar-refractivity contribution >= 4 is 0 Å². The number of terminal acetylenes is 1. The van der Waals surface area contributed by atoms with Crippen LogP contribution in [0, 0.1) is 18.3 Å². The van der Waals surface area contributed by atoms with Gasteiger partial charge in [0.1, 0.15) is 6.10 Å². The van der Waals surface area contributed by atoms with Gasteiger partial charge in [0.15, 0.2) is 0 Å². The summed E-state index contributed by atoms with van der Waals surface area (Å²) in [7, 11) is 2.10. The lowest BCUT2D eigenvalue weighted by Gasteiger charge is -2.37. The predicted octanol–water partition coefficient (Wildman–Crippen LogP) is 2.02. The fourth-order valence-corrected chi connectivity index (χ4v) is 2.81. The third kappa shape index (κ3) is 2.03. The highest BCUT2D eigenvalue weighted by Gasteiger charge is 2.39. The molecule has 1 saturated carbocycles. The molecule has 2 rings (SSSR count). The SMILES string of the molecule is C#CCN(C)C1CCCC2C=C(C)OC21. The Kier molecular flexibility index (Phi) is 3.02. The summed E-state index contributed by atoms with van der Waals surface area (Å²) >= 11 is 0. The van der Waals surface area contributed by atoms with Crippen molar-refractivity contribution in [2.75, 3.05) is 13.6 Å². The summed E-state index contributed by atoms with van der Waals surface area (Å²) in [5.41, 5.74) is 0. The van der Waals surface area contributed by atoms with Crippen LogP contribution >= 0.6 is 0 Å². The predicted molar refractivity (Wildman–Crippen MR) is 61.2 cm³/mol. The smallest absolute Gasteiger partial charge is 0.120 e. The highest BCUT2D eigenvalue weighted by atomic mass is 16.5. The molecule has 2 nitrogen and oxygen atoms in total. The second-order valence-electron chi connectivity index (χ2n) is 4.64. The Morgan fingerprint density at radius 1 is 1.60 bits per heavy atom. The summed E-state index contributed by atoms with van der Waals surface area (Å²) in [6.45, 7) is 2.77. The Morgan fingerprint density at radius 3 is 3.13 bits per heavy atom. The van der Waals surface area contributed by atoms with Crippen molar-refractivity contribution < 1.29 is 4.74 Å². The van der Waals surface area contributed by atoms with E-state index in [0.29, 0.717) is 18.1 Å². The van der Waals surface area contributed by atoms with Crippen LogP contribution in [0.25, 0.3) is 0 Å². The van der Waals surface area contributed by atoms with Crippen LogP contribution in [0.15, 0.2) is 11.8 Å². The van der Waals surface area contributed by atoms with Crippen molar-refractivity contribution in [1.29, 1.82) is 0 Å². The van der Waals surface area contributed by atoms with Crippen LogP contribution < -0.4 is 0 Å². The average Bonchev–Trinajstić information content (AvgIpc) is 2.57. The molecule has 82 valence electrons. The quantitative estimate of drug-likeness (QED) is 0.639. The third-order valence-corrected chi connectivity index (χ3v) is 3.52.